The van der Waals surface area contributed by atoms with Crippen LogP contribution in [0.4, 0.5) is 4.79 Å². The molecule has 0 spiro atoms. The van der Waals surface area contributed by atoms with Gasteiger partial charge in [0.1, 0.15) is 5.60 Å². The van der Waals surface area contributed by atoms with E-state index in [4.69, 9.17) is 18.9 Å². The second-order valence-corrected chi connectivity index (χ2v) is 6.87. The number of hydrogen-bond acceptors (Lipinski definition) is 5. The van der Waals surface area contributed by atoms with E-state index in [0.29, 0.717) is 39.5 Å². The summed E-state index contributed by atoms with van der Waals surface area (Å²) in [5, 5.41) is 0. The molecule has 0 N–H and O–H groups in total. The first-order valence-corrected chi connectivity index (χ1v) is 7.94. The van der Waals surface area contributed by atoms with Crippen molar-refractivity contribution < 1.29 is 23.7 Å². The van der Waals surface area contributed by atoms with Gasteiger partial charge in [0.25, 0.3) is 0 Å². The van der Waals surface area contributed by atoms with Crippen molar-refractivity contribution in [3.8, 4) is 0 Å². The van der Waals surface area contributed by atoms with Crippen LogP contribution in [0.1, 0.15) is 40.5 Å². The first-order chi connectivity index (χ1) is 10.3. The van der Waals surface area contributed by atoms with Crippen molar-refractivity contribution in [2.45, 2.75) is 51.7 Å². The summed E-state index contributed by atoms with van der Waals surface area (Å²) in [5.41, 5.74) is -0.642. The standard InChI is InChI=1S/C16H31NO5/c1-15(2,3)22-14(18)17-8-6-16(4,7-9-17)21-13-12-20-11-10-19-5/h6-13H2,1-5H3. The van der Waals surface area contributed by atoms with E-state index in [0.717, 1.165) is 12.8 Å². The van der Waals surface area contributed by atoms with Crippen molar-refractivity contribution in [3.05, 3.63) is 0 Å². The van der Waals surface area contributed by atoms with Crippen LogP contribution in [0.15, 0.2) is 0 Å². The van der Waals surface area contributed by atoms with E-state index in [1.165, 1.54) is 0 Å². The molecule has 6 heteroatoms. The minimum absolute atomic E-state index is 0.191. The van der Waals surface area contributed by atoms with Crippen LogP contribution in [0.25, 0.3) is 0 Å². The highest BCUT2D eigenvalue weighted by molar-refractivity contribution is 5.68. The van der Waals surface area contributed by atoms with Crippen molar-refractivity contribution in [2.24, 2.45) is 0 Å². The van der Waals surface area contributed by atoms with Gasteiger partial charge in [0, 0.05) is 20.2 Å². The van der Waals surface area contributed by atoms with E-state index in [1.54, 1.807) is 12.0 Å². The van der Waals surface area contributed by atoms with Gasteiger partial charge in [-0.05, 0) is 40.5 Å². The SMILES string of the molecule is COCCOCCOC1(C)CCN(C(=O)OC(C)(C)C)CC1. The van der Waals surface area contributed by atoms with Gasteiger partial charge in [0.05, 0.1) is 32.0 Å². The lowest BCUT2D eigenvalue weighted by molar-refractivity contribution is -0.0896. The average molecular weight is 317 g/mol. The van der Waals surface area contributed by atoms with E-state index >= 15 is 0 Å². The van der Waals surface area contributed by atoms with Gasteiger partial charge in [0.2, 0.25) is 0 Å². The van der Waals surface area contributed by atoms with Gasteiger partial charge in [-0.25, -0.2) is 4.79 Å². The summed E-state index contributed by atoms with van der Waals surface area (Å²) in [6.07, 6.45) is 1.38. The first-order valence-electron chi connectivity index (χ1n) is 7.94. The van der Waals surface area contributed by atoms with Crippen LogP contribution in [0.3, 0.4) is 0 Å². The molecule has 0 radical (unpaired) electrons. The van der Waals surface area contributed by atoms with Gasteiger partial charge < -0.3 is 23.8 Å². The van der Waals surface area contributed by atoms with Crippen LogP contribution in [0, 0.1) is 0 Å². The lowest BCUT2D eigenvalue weighted by Gasteiger charge is -2.39. The summed E-state index contributed by atoms with van der Waals surface area (Å²) in [6.45, 7) is 11.4. The van der Waals surface area contributed by atoms with Crippen molar-refractivity contribution in [1.82, 2.24) is 4.90 Å². The van der Waals surface area contributed by atoms with Gasteiger partial charge in [0.15, 0.2) is 0 Å². The van der Waals surface area contributed by atoms with E-state index < -0.39 is 5.60 Å². The van der Waals surface area contributed by atoms with Crippen molar-refractivity contribution in [3.63, 3.8) is 0 Å². The average Bonchev–Trinajstić information content (AvgIpc) is 2.41. The lowest BCUT2D eigenvalue weighted by Crippen LogP contribution is -2.48. The number of hydrogen-bond donors (Lipinski definition) is 0. The minimum atomic E-state index is -0.451. The van der Waals surface area contributed by atoms with Gasteiger partial charge >= 0.3 is 6.09 Å². The number of rotatable bonds is 7. The molecule has 1 aliphatic heterocycles. The Hall–Kier alpha value is -0.850. The maximum atomic E-state index is 12.0. The summed E-state index contributed by atoms with van der Waals surface area (Å²) < 4.78 is 21.6. The second kappa shape index (κ2) is 8.70. The molecule has 0 bridgehead atoms. The largest absolute Gasteiger partial charge is 0.444 e. The molecule has 0 unspecified atom stereocenters. The molecule has 0 aromatic rings. The van der Waals surface area contributed by atoms with Crippen molar-refractivity contribution in [2.75, 3.05) is 46.6 Å². The molecule has 6 nitrogen and oxygen atoms in total. The fourth-order valence-electron chi connectivity index (χ4n) is 2.22. The molecule has 130 valence electrons. The number of likely N-dealkylation sites (tertiary alicyclic amines) is 1. The molecule has 1 amide bonds. The number of piperidine rings is 1. The van der Waals surface area contributed by atoms with E-state index in [1.807, 2.05) is 20.8 Å². The molecule has 0 aromatic heterocycles. The Morgan fingerprint density at radius 3 is 2.23 bits per heavy atom. The quantitative estimate of drug-likeness (QED) is 0.675. The smallest absolute Gasteiger partial charge is 0.410 e. The Morgan fingerprint density at radius 2 is 1.68 bits per heavy atom. The maximum absolute atomic E-state index is 12.0. The molecule has 1 saturated heterocycles. The Bertz CT molecular complexity index is 332. The molecule has 1 fully saturated rings. The summed E-state index contributed by atoms with van der Waals surface area (Å²) in [7, 11) is 1.65. The van der Waals surface area contributed by atoms with Gasteiger partial charge in [-0.2, -0.15) is 0 Å². The summed E-state index contributed by atoms with van der Waals surface area (Å²) in [5.74, 6) is 0. The highest BCUT2D eigenvalue weighted by Gasteiger charge is 2.34. The summed E-state index contributed by atoms with van der Waals surface area (Å²) >= 11 is 0. The monoisotopic (exact) mass is 317 g/mol. The zero-order valence-corrected chi connectivity index (χ0v) is 14.6. The Balaban J connectivity index is 2.24. The molecule has 0 aromatic carbocycles. The van der Waals surface area contributed by atoms with Crippen LogP contribution in [0.2, 0.25) is 0 Å². The highest BCUT2D eigenvalue weighted by Crippen LogP contribution is 2.26. The molecule has 1 heterocycles. The fourth-order valence-corrected chi connectivity index (χ4v) is 2.22. The molecule has 1 aliphatic rings. The fraction of sp³-hybridized carbons (Fsp3) is 0.938. The van der Waals surface area contributed by atoms with E-state index in [2.05, 4.69) is 6.92 Å². The predicted octanol–water partition coefficient (Wildman–Crippen LogP) is 2.46. The molecular weight excluding hydrogens is 286 g/mol. The number of carbonyl (C=O) groups excluding carboxylic acids is 1. The Labute approximate surface area is 134 Å². The third-order valence-electron chi connectivity index (χ3n) is 3.58. The van der Waals surface area contributed by atoms with Gasteiger partial charge in [-0.1, -0.05) is 0 Å². The minimum Gasteiger partial charge on any atom is -0.444 e. The van der Waals surface area contributed by atoms with Crippen LogP contribution < -0.4 is 0 Å². The van der Waals surface area contributed by atoms with Crippen LogP contribution in [-0.2, 0) is 18.9 Å². The molecule has 0 atom stereocenters. The Kier molecular flexibility index (Phi) is 7.59. The number of ether oxygens (including phenoxy) is 4. The topological polar surface area (TPSA) is 57.2 Å². The van der Waals surface area contributed by atoms with Gasteiger partial charge in [-0.15, -0.1) is 0 Å². The third kappa shape index (κ3) is 7.42. The van der Waals surface area contributed by atoms with Crippen molar-refractivity contribution >= 4 is 6.09 Å². The van der Waals surface area contributed by atoms with Gasteiger partial charge in [-0.3, -0.25) is 0 Å². The van der Waals surface area contributed by atoms with Crippen molar-refractivity contribution in [1.29, 1.82) is 0 Å². The molecular formula is C16H31NO5. The predicted molar refractivity (Wildman–Crippen MR) is 84.1 cm³/mol. The van der Waals surface area contributed by atoms with E-state index in [9.17, 15) is 4.79 Å². The number of methoxy groups -OCH3 is 1. The molecule has 0 aliphatic carbocycles. The van der Waals surface area contributed by atoms with E-state index in [-0.39, 0.29) is 11.7 Å². The second-order valence-electron chi connectivity index (χ2n) is 6.87. The lowest BCUT2D eigenvalue weighted by atomic mass is 9.93. The summed E-state index contributed by atoms with van der Waals surface area (Å²) in [6, 6.07) is 0. The molecule has 0 saturated carbocycles. The highest BCUT2D eigenvalue weighted by atomic mass is 16.6. The summed E-state index contributed by atoms with van der Waals surface area (Å²) in [4.78, 5) is 13.8. The Morgan fingerprint density at radius 1 is 1.09 bits per heavy atom. The van der Waals surface area contributed by atoms with Crippen LogP contribution in [-0.4, -0.2) is 68.8 Å². The van der Waals surface area contributed by atoms with Crippen LogP contribution >= 0.6 is 0 Å². The third-order valence-corrected chi connectivity index (χ3v) is 3.58. The molecule has 1 rings (SSSR count). The zero-order chi connectivity index (χ0) is 16.6. The number of amides is 1. The number of carbonyl (C=O) groups is 1. The first kappa shape index (κ1) is 19.2. The number of nitrogens with zero attached hydrogens (tertiary/aromatic N) is 1. The maximum Gasteiger partial charge on any atom is 0.410 e. The zero-order valence-electron chi connectivity index (χ0n) is 14.6. The van der Waals surface area contributed by atoms with Crippen LogP contribution in [0.5, 0.6) is 0 Å². The molecule has 22 heavy (non-hydrogen) atoms. The normalized spacial score (nSPS) is 18.3.